The highest BCUT2D eigenvalue weighted by Crippen LogP contribution is 2.29. The molecule has 26 heavy (non-hydrogen) atoms. The summed E-state index contributed by atoms with van der Waals surface area (Å²) in [4.78, 5) is 12.1. The molecule has 0 bridgehead atoms. The number of hydrogen-bond donors (Lipinski definition) is 3. The van der Waals surface area contributed by atoms with Crippen molar-refractivity contribution in [2.45, 2.75) is 0 Å². The molecule has 0 spiro atoms. The standard InChI is InChI=1S/C18H22ClN5O2/c19-13-10-16(15-12-23-18-14(15)2-1-4-22-18)24-17(11-13)21-5-7-26-9-8-25-6-3-20/h1-2,4,10-12H,3,5-9,20H2,(H,21,24)(H,22,23). The zero-order chi connectivity index (χ0) is 18.2. The van der Waals surface area contributed by atoms with Gasteiger partial charge in [-0.2, -0.15) is 0 Å². The minimum atomic E-state index is 0.525. The smallest absolute Gasteiger partial charge is 0.137 e. The molecule has 0 aliphatic carbocycles. The summed E-state index contributed by atoms with van der Waals surface area (Å²) >= 11 is 6.27. The molecule has 3 aromatic heterocycles. The number of nitrogens with one attached hydrogen (secondary N) is 2. The highest BCUT2D eigenvalue weighted by atomic mass is 35.5. The summed E-state index contributed by atoms with van der Waals surface area (Å²) in [6, 6.07) is 7.54. The minimum absolute atomic E-state index is 0.525. The average molecular weight is 376 g/mol. The van der Waals surface area contributed by atoms with Crippen molar-refractivity contribution >= 4 is 28.5 Å². The Morgan fingerprint density at radius 3 is 2.85 bits per heavy atom. The number of halogens is 1. The quantitative estimate of drug-likeness (QED) is 0.471. The van der Waals surface area contributed by atoms with E-state index in [0.29, 0.717) is 50.4 Å². The molecule has 3 aromatic rings. The van der Waals surface area contributed by atoms with E-state index in [4.69, 9.17) is 26.8 Å². The second-order valence-corrected chi connectivity index (χ2v) is 6.03. The highest BCUT2D eigenvalue weighted by molar-refractivity contribution is 6.31. The van der Waals surface area contributed by atoms with Gasteiger partial charge in [-0.1, -0.05) is 11.6 Å². The Balaban J connectivity index is 1.58. The van der Waals surface area contributed by atoms with Crippen LogP contribution in [0.4, 0.5) is 5.82 Å². The van der Waals surface area contributed by atoms with Gasteiger partial charge in [0, 0.05) is 41.5 Å². The molecule has 0 saturated heterocycles. The second kappa shape index (κ2) is 9.49. The van der Waals surface area contributed by atoms with E-state index in [1.54, 1.807) is 12.3 Å². The van der Waals surface area contributed by atoms with E-state index >= 15 is 0 Å². The molecule has 3 heterocycles. The predicted molar refractivity (Wildman–Crippen MR) is 104 cm³/mol. The number of aromatic nitrogens is 3. The van der Waals surface area contributed by atoms with E-state index in [1.807, 2.05) is 24.4 Å². The molecule has 0 fully saturated rings. The summed E-state index contributed by atoms with van der Waals surface area (Å²) in [5.41, 5.74) is 7.92. The molecule has 0 saturated carbocycles. The lowest BCUT2D eigenvalue weighted by molar-refractivity contribution is 0.0547. The van der Waals surface area contributed by atoms with Crippen molar-refractivity contribution in [1.82, 2.24) is 15.0 Å². The summed E-state index contributed by atoms with van der Waals surface area (Å²) in [6.45, 7) is 3.34. The lowest BCUT2D eigenvalue weighted by Gasteiger charge is -2.09. The average Bonchev–Trinajstić information content (AvgIpc) is 3.08. The van der Waals surface area contributed by atoms with Crippen molar-refractivity contribution in [3.05, 3.63) is 41.7 Å². The van der Waals surface area contributed by atoms with Crippen molar-refractivity contribution in [3.63, 3.8) is 0 Å². The maximum Gasteiger partial charge on any atom is 0.137 e. The van der Waals surface area contributed by atoms with Crippen LogP contribution in [0.15, 0.2) is 36.7 Å². The van der Waals surface area contributed by atoms with Gasteiger partial charge >= 0.3 is 0 Å². The van der Waals surface area contributed by atoms with Crippen LogP contribution in [-0.4, -0.2) is 54.5 Å². The number of H-pyrrole nitrogens is 1. The number of anilines is 1. The number of nitrogens with two attached hydrogens (primary N) is 1. The number of fused-ring (bicyclic) bond motifs is 1. The van der Waals surface area contributed by atoms with Crippen LogP contribution in [0.2, 0.25) is 5.02 Å². The van der Waals surface area contributed by atoms with E-state index in [0.717, 1.165) is 22.3 Å². The number of pyridine rings is 2. The normalized spacial score (nSPS) is 11.2. The number of hydrogen-bond acceptors (Lipinski definition) is 6. The van der Waals surface area contributed by atoms with Crippen molar-refractivity contribution in [2.24, 2.45) is 5.73 Å². The first kappa shape index (κ1) is 18.6. The first-order valence-corrected chi connectivity index (χ1v) is 8.85. The summed E-state index contributed by atoms with van der Waals surface area (Å²) in [5.74, 6) is 0.703. The van der Waals surface area contributed by atoms with Gasteiger partial charge < -0.3 is 25.5 Å². The highest BCUT2D eigenvalue weighted by Gasteiger charge is 2.10. The zero-order valence-corrected chi connectivity index (χ0v) is 15.1. The van der Waals surface area contributed by atoms with Gasteiger partial charge in [0.25, 0.3) is 0 Å². The van der Waals surface area contributed by atoms with Crippen LogP contribution in [-0.2, 0) is 9.47 Å². The largest absolute Gasteiger partial charge is 0.378 e. The topological polar surface area (TPSA) is 98.1 Å². The SMILES string of the molecule is NCCOCCOCCNc1cc(Cl)cc(-c2c[nH]c3ncccc23)n1. The fraction of sp³-hybridized carbons (Fsp3) is 0.333. The van der Waals surface area contributed by atoms with E-state index in [2.05, 4.69) is 20.3 Å². The van der Waals surface area contributed by atoms with Gasteiger partial charge in [-0.05, 0) is 24.3 Å². The molecule has 0 unspecified atom stereocenters. The summed E-state index contributed by atoms with van der Waals surface area (Å²) < 4.78 is 10.7. The monoisotopic (exact) mass is 375 g/mol. The first-order valence-electron chi connectivity index (χ1n) is 8.47. The Morgan fingerprint density at radius 1 is 1.15 bits per heavy atom. The molecule has 0 amide bonds. The Kier molecular flexibility index (Phi) is 6.79. The fourth-order valence-corrected chi connectivity index (χ4v) is 2.76. The molecule has 4 N–H and O–H groups in total. The van der Waals surface area contributed by atoms with Crippen LogP contribution in [0.5, 0.6) is 0 Å². The third-order valence-electron chi connectivity index (χ3n) is 3.70. The Labute approximate surface area is 156 Å². The van der Waals surface area contributed by atoms with Crippen LogP contribution in [0.1, 0.15) is 0 Å². The third-order valence-corrected chi connectivity index (χ3v) is 3.92. The van der Waals surface area contributed by atoms with Gasteiger partial charge in [-0.15, -0.1) is 0 Å². The van der Waals surface area contributed by atoms with Gasteiger partial charge in [0.15, 0.2) is 0 Å². The number of nitrogens with zero attached hydrogens (tertiary/aromatic N) is 2. The van der Waals surface area contributed by atoms with E-state index in [9.17, 15) is 0 Å². The lowest BCUT2D eigenvalue weighted by atomic mass is 10.1. The van der Waals surface area contributed by atoms with Gasteiger partial charge in [0.1, 0.15) is 11.5 Å². The van der Waals surface area contributed by atoms with Gasteiger partial charge in [0.2, 0.25) is 0 Å². The van der Waals surface area contributed by atoms with Crippen molar-refractivity contribution in [2.75, 3.05) is 44.8 Å². The minimum Gasteiger partial charge on any atom is -0.378 e. The molecule has 0 atom stereocenters. The zero-order valence-electron chi connectivity index (χ0n) is 14.4. The first-order chi connectivity index (χ1) is 12.8. The summed E-state index contributed by atoms with van der Waals surface area (Å²) in [7, 11) is 0. The van der Waals surface area contributed by atoms with Gasteiger partial charge in [-0.3, -0.25) is 0 Å². The maximum atomic E-state index is 6.27. The van der Waals surface area contributed by atoms with E-state index in [1.165, 1.54) is 0 Å². The van der Waals surface area contributed by atoms with E-state index < -0.39 is 0 Å². The van der Waals surface area contributed by atoms with Crippen LogP contribution >= 0.6 is 11.6 Å². The van der Waals surface area contributed by atoms with Crippen LogP contribution in [0, 0.1) is 0 Å². The predicted octanol–water partition coefficient (Wildman–Crippen LogP) is 2.68. The molecule has 0 radical (unpaired) electrons. The van der Waals surface area contributed by atoms with Crippen LogP contribution in [0.3, 0.4) is 0 Å². The Bertz CT molecular complexity index is 839. The lowest BCUT2D eigenvalue weighted by Crippen LogP contribution is -2.15. The molecule has 3 rings (SSSR count). The Hall–Kier alpha value is -2.19. The fourth-order valence-electron chi connectivity index (χ4n) is 2.55. The number of rotatable bonds is 10. The second-order valence-electron chi connectivity index (χ2n) is 5.60. The molecular weight excluding hydrogens is 354 g/mol. The molecule has 0 aromatic carbocycles. The van der Waals surface area contributed by atoms with Crippen molar-refractivity contribution in [3.8, 4) is 11.3 Å². The van der Waals surface area contributed by atoms with Gasteiger partial charge in [-0.25, -0.2) is 9.97 Å². The summed E-state index contributed by atoms with van der Waals surface area (Å²) in [6.07, 6.45) is 3.65. The molecule has 8 heteroatoms. The van der Waals surface area contributed by atoms with Gasteiger partial charge in [0.05, 0.1) is 32.1 Å². The van der Waals surface area contributed by atoms with E-state index in [-0.39, 0.29) is 0 Å². The third kappa shape index (κ3) is 4.92. The maximum absolute atomic E-state index is 6.27. The molecule has 0 aliphatic rings. The van der Waals surface area contributed by atoms with Crippen molar-refractivity contribution in [1.29, 1.82) is 0 Å². The number of ether oxygens (including phenoxy) is 2. The molecule has 138 valence electrons. The molecular formula is C18H22ClN5O2. The van der Waals surface area contributed by atoms with Crippen molar-refractivity contribution < 1.29 is 9.47 Å². The molecule has 7 nitrogen and oxygen atoms in total. The summed E-state index contributed by atoms with van der Waals surface area (Å²) in [5, 5.41) is 4.86. The number of aromatic amines is 1. The molecule has 0 aliphatic heterocycles. The Morgan fingerprint density at radius 2 is 2.00 bits per heavy atom. The van der Waals surface area contributed by atoms with Crippen LogP contribution in [0.25, 0.3) is 22.3 Å². The van der Waals surface area contributed by atoms with Crippen LogP contribution < -0.4 is 11.1 Å².